The first-order valence-corrected chi connectivity index (χ1v) is 6.49. The zero-order valence-electron chi connectivity index (χ0n) is 11.6. The molecule has 0 N–H and O–H groups in total. The quantitative estimate of drug-likeness (QED) is 0.276. The smallest absolute Gasteiger partial charge is 0.747 e. The van der Waals surface area contributed by atoms with Crippen molar-refractivity contribution in [3.05, 3.63) is 11.6 Å². The van der Waals surface area contributed by atoms with Crippen LogP contribution in [-0.4, -0.2) is 24.2 Å². The van der Waals surface area contributed by atoms with Crippen LogP contribution in [0.1, 0.15) is 33.6 Å². The van der Waals surface area contributed by atoms with Crippen molar-refractivity contribution in [1.82, 2.24) is 0 Å². The fourth-order valence-electron chi connectivity index (χ4n) is 1.40. The van der Waals surface area contributed by atoms with Crippen LogP contribution in [0.5, 0.6) is 0 Å². The molecule has 0 aliphatic heterocycles. The maximum Gasteiger partial charge on any atom is 1.00 e. The second-order valence-corrected chi connectivity index (χ2v) is 5.35. The van der Waals surface area contributed by atoms with Crippen LogP contribution in [0.2, 0.25) is 0 Å². The molecule has 0 saturated heterocycles. The maximum atomic E-state index is 11.0. The van der Waals surface area contributed by atoms with E-state index in [2.05, 4.69) is 0 Å². The first-order valence-electron chi connectivity index (χ1n) is 5.02. The number of rotatable bonds is 6. The van der Waals surface area contributed by atoms with Crippen LogP contribution in [0.4, 0.5) is 0 Å². The van der Waals surface area contributed by atoms with Gasteiger partial charge in [0.25, 0.3) is 0 Å². The van der Waals surface area contributed by atoms with Gasteiger partial charge in [0.1, 0.15) is 10.1 Å². The van der Waals surface area contributed by atoms with Gasteiger partial charge in [-0.15, -0.1) is 0 Å². The van der Waals surface area contributed by atoms with Gasteiger partial charge in [0.15, 0.2) is 0 Å². The van der Waals surface area contributed by atoms with Gasteiger partial charge in [-0.2, -0.15) is 0 Å². The fraction of sp³-hybridized carbons (Fsp3) is 0.700. The summed E-state index contributed by atoms with van der Waals surface area (Å²) in [5.74, 6) is -2.31. The molecule has 94 valence electrons. The van der Waals surface area contributed by atoms with Gasteiger partial charge in [-0.3, -0.25) is 0 Å². The molecule has 5 nitrogen and oxygen atoms in total. The van der Waals surface area contributed by atoms with Gasteiger partial charge in [-0.05, 0) is 25.7 Å². The molecule has 0 aromatic carbocycles. The first-order chi connectivity index (χ1) is 7.20. The van der Waals surface area contributed by atoms with Crippen LogP contribution >= 0.6 is 0 Å². The minimum atomic E-state index is -4.52. The molecule has 0 aromatic heterocycles. The predicted octanol–water partition coefficient (Wildman–Crippen LogP) is -5.96. The second-order valence-electron chi connectivity index (χ2n) is 3.79. The van der Waals surface area contributed by atoms with Crippen molar-refractivity contribution >= 4 is 16.1 Å². The molecule has 18 heavy (non-hydrogen) atoms. The van der Waals surface area contributed by atoms with Gasteiger partial charge in [0.05, 0.1) is 5.25 Å². The number of hydrogen-bond acceptors (Lipinski definition) is 5. The summed E-state index contributed by atoms with van der Waals surface area (Å²) in [6.07, 6.45) is 1.97. The number of aliphatic carboxylic acids is 1. The van der Waals surface area contributed by atoms with Crippen LogP contribution in [-0.2, 0) is 14.9 Å². The summed E-state index contributed by atoms with van der Waals surface area (Å²) in [7, 11) is -4.52. The number of carboxylic acids is 1. The first kappa shape index (κ1) is 24.2. The van der Waals surface area contributed by atoms with E-state index in [1.54, 1.807) is 13.0 Å². The van der Waals surface area contributed by atoms with Crippen LogP contribution in [0.3, 0.4) is 0 Å². The number of carbonyl (C=O) groups excluding carboxylic acids is 1. The third kappa shape index (κ3) is 9.09. The number of carboxylic acid groups (broad SMARTS) is 1. The SMILES string of the molecule is CCC=C(C)C(CC(C)C(=O)[O-])S(=O)(=O)[O-].[Na+].[Na+]. The number of hydrogen-bond donors (Lipinski definition) is 0. The van der Waals surface area contributed by atoms with Gasteiger partial charge in [0.2, 0.25) is 0 Å². The van der Waals surface area contributed by atoms with Crippen molar-refractivity contribution in [2.75, 3.05) is 0 Å². The molecule has 0 amide bonds. The topological polar surface area (TPSA) is 97.3 Å². The van der Waals surface area contributed by atoms with E-state index >= 15 is 0 Å². The molecule has 2 atom stereocenters. The molecule has 0 heterocycles. The van der Waals surface area contributed by atoms with Crippen LogP contribution < -0.4 is 64.2 Å². The van der Waals surface area contributed by atoms with E-state index in [1.165, 1.54) is 13.8 Å². The molecule has 0 aliphatic rings. The summed E-state index contributed by atoms with van der Waals surface area (Å²) < 4.78 is 33.0. The van der Waals surface area contributed by atoms with Crippen molar-refractivity contribution in [3.63, 3.8) is 0 Å². The molecular weight excluding hydrogens is 278 g/mol. The third-order valence-corrected chi connectivity index (χ3v) is 3.61. The van der Waals surface area contributed by atoms with Crippen molar-refractivity contribution in [2.45, 2.75) is 38.9 Å². The zero-order chi connectivity index (χ0) is 12.9. The summed E-state index contributed by atoms with van der Waals surface area (Å²) in [4.78, 5) is 10.5. The normalized spacial score (nSPS) is 15.0. The maximum absolute atomic E-state index is 11.0. The molecule has 0 spiro atoms. The molecule has 0 radical (unpaired) electrons. The van der Waals surface area contributed by atoms with E-state index in [1.807, 2.05) is 0 Å². The van der Waals surface area contributed by atoms with Crippen molar-refractivity contribution in [3.8, 4) is 0 Å². The van der Waals surface area contributed by atoms with Crippen molar-refractivity contribution in [2.24, 2.45) is 5.92 Å². The van der Waals surface area contributed by atoms with E-state index in [0.717, 1.165) is 0 Å². The summed E-state index contributed by atoms with van der Waals surface area (Å²) in [6.45, 7) is 4.65. The molecule has 0 aliphatic carbocycles. The molecule has 0 fully saturated rings. The van der Waals surface area contributed by atoms with E-state index in [9.17, 15) is 22.9 Å². The Bertz CT molecular complexity index is 378. The Morgan fingerprint density at radius 3 is 2.06 bits per heavy atom. The van der Waals surface area contributed by atoms with E-state index in [4.69, 9.17) is 0 Å². The van der Waals surface area contributed by atoms with E-state index in [0.29, 0.717) is 12.0 Å². The molecule has 0 rings (SSSR count). The molecule has 0 bridgehead atoms. The summed E-state index contributed by atoms with van der Waals surface area (Å²) in [5.41, 5.74) is 0.394. The largest absolute Gasteiger partial charge is 1.00 e. The van der Waals surface area contributed by atoms with E-state index < -0.39 is 27.3 Å². The monoisotopic (exact) mass is 294 g/mol. The predicted molar refractivity (Wildman–Crippen MR) is 56.3 cm³/mol. The summed E-state index contributed by atoms with van der Waals surface area (Å²) in [5, 5.41) is 9.24. The Kier molecular flexibility index (Phi) is 14.6. The summed E-state index contributed by atoms with van der Waals surface area (Å²) in [6, 6.07) is 0. The average molecular weight is 294 g/mol. The Labute approximate surface area is 153 Å². The molecular formula is C10H16Na2O5S. The minimum absolute atomic E-state index is 0. The van der Waals surface area contributed by atoms with Crippen LogP contribution in [0.25, 0.3) is 0 Å². The molecule has 0 saturated carbocycles. The van der Waals surface area contributed by atoms with Crippen LogP contribution in [0, 0.1) is 5.92 Å². The second kappa shape index (κ2) is 10.9. The van der Waals surface area contributed by atoms with Gasteiger partial charge in [0, 0.05) is 5.97 Å². The van der Waals surface area contributed by atoms with Gasteiger partial charge in [-0.25, -0.2) is 8.42 Å². The van der Waals surface area contributed by atoms with Crippen molar-refractivity contribution < 1.29 is 82.0 Å². The van der Waals surface area contributed by atoms with Gasteiger partial charge < -0.3 is 14.5 Å². The molecule has 8 heteroatoms. The van der Waals surface area contributed by atoms with Gasteiger partial charge in [-0.1, -0.05) is 25.5 Å². The Hall–Kier alpha value is 1.12. The summed E-state index contributed by atoms with van der Waals surface area (Å²) >= 11 is 0. The third-order valence-electron chi connectivity index (χ3n) is 2.35. The Morgan fingerprint density at radius 1 is 1.33 bits per heavy atom. The van der Waals surface area contributed by atoms with Crippen LogP contribution in [0.15, 0.2) is 11.6 Å². The standard InChI is InChI=1S/C10H18O5S.2Na/c1-4-5-7(2)9(16(13,14)15)6-8(3)10(11)12;;/h5,8-9H,4,6H2,1-3H3,(H,11,12)(H,13,14,15);;/q;2*+1/p-2. The van der Waals surface area contributed by atoms with Gasteiger partial charge >= 0.3 is 59.1 Å². The van der Waals surface area contributed by atoms with E-state index in [-0.39, 0.29) is 65.5 Å². The molecule has 2 unspecified atom stereocenters. The Morgan fingerprint density at radius 2 is 1.78 bits per heavy atom. The fourth-order valence-corrected chi connectivity index (χ4v) is 2.48. The van der Waals surface area contributed by atoms with Crippen molar-refractivity contribution in [1.29, 1.82) is 0 Å². The zero-order valence-corrected chi connectivity index (χ0v) is 16.4. The number of allylic oxidation sites excluding steroid dienone is 1. The minimum Gasteiger partial charge on any atom is -0.747 e. The Balaban J connectivity index is -0.00000112. The average Bonchev–Trinajstić information content (AvgIpc) is 2.11. The number of carbonyl (C=O) groups is 1. The molecule has 0 aromatic rings.